The van der Waals surface area contributed by atoms with Gasteiger partial charge in [0.1, 0.15) is 13.2 Å². The van der Waals surface area contributed by atoms with Crippen molar-refractivity contribution < 1.29 is 28.6 Å². The van der Waals surface area contributed by atoms with Gasteiger partial charge in [-0.1, -0.05) is 263 Å². The van der Waals surface area contributed by atoms with E-state index in [1.54, 1.807) is 0 Å². The Balaban J connectivity index is 4.11. The van der Waals surface area contributed by atoms with Crippen molar-refractivity contribution in [3.05, 3.63) is 36.5 Å². The zero-order chi connectivity index (χ0) is 49.3. The van der Waals surface area contributed by atoms with E-state index in [2.05, 4.69) is 57.2 Å². The molecule has 6 nitrogen and oxygen atoms in total. The first-order valence-electron chi connectivity index (χ1n) is 30.0. The molecule has 0 aromatic heterocycles. The maximum Gasteiger partial charge on any atom is 0.306 e. The number of rotatable bonds is 55. The molecule has 0 heterocycles. The first kappa shape index (κ1) is 65.6. The molecule has 0 saturated carbocycles. The van der Waals surface area contributed by atoms with Gasteiger partial charge in [0.25, 0.3) is 0 Å². The Morgan fingerprint density at radius 2 is 0.529 bits per heavy atom. The number of carbonyl (C=O) groups excluding carboxylic acids is 3. The van der Waals surface area contributed by atoms with Gasteiger partial charge in [-0.05, 0) is 77.0 Å². The van der Waals surface area contributed by atoms with Gasteiger partial charge in [0.05, 0.1) is 0 Å². The molecule has 0 radical (unpaired) electrons. The van der Waals surface area contributed by atoms with Crippen LogP contribution in [-0.4, -0.2) is 37.2 Å². The lowest BCUT2D eigenvalue weighted by molar-refractivity contribution is -0.167. The van der Waals surface area contributed by atoms with Gasteiger partial charge in [0, 0.05) is 19.3 Å². The minimum atomic E-state index is -0.771. The summed E-state index contributed by atoms with van der Waals surface area (Å²) in [5, 5.41) is 0. The van der Waals surface area contributed by atoms with E-state index in [0.29, 0.717) is 19.3 Å². The van der Waals surface area contributed by atoms with Crippen LogP contribution in [0.1, 0.15) is 323 Å². The SMILES string of the molecule is CCCCCCC/C=C\C/C=C\CCCCCCCCCCCCCCCCCC(=O)OCC(COC(=O)CCCCCCCCCC)OC(=O)CCCCCCC/C=C\CCCCCCCC. The van der Waals surface area contributed by atoms with Crippen LogP contribution >= 0.6 is 0 Å². The van der Waals surface area contributed by atoms with Crippen LogP contribution < -0.4 is 0 Å². The van der Waals surface area contributed by atoms with E-state index in [4.69, 9.17) is 14.2 Å². The highest BCUT2D eigenvalue weighted by molar-refractivity contribution is 5.71. The lowest BCUT2D eigenvalue weighted by atomic mass is 10.0. The van der Waals surface area contributed by atoms with E-state index in [-0.39, 0.29) is 31.1 Å². The van der Waals surface area contributed by atoms with E-state index in [9.17, 15) is 14.4 Å². The van der Waals surface area contributed by atoms with E-state index < -0.39 is 6.10 Å². The van der Waals surface area contributed by atoms with Crippen LogP contribution in [0.4, 0.5) is 0 Å². The summed E-state index contributed by atoms with van der Waals surface area (Å²) in [5.74, 6) is -0.869. The topological polar surface area (TPSA) is 78.9 Å². The van der Waals surface area contributed by atoms with Crippen molar-refractivity contribution in [3.63, 3.8) is 0 Å². The third-order valence-corrected chi connectivity index (χ3v) is 13.4. The second-order valence-electron chi connectivity index (χ2n) is 20.3. The molecule has 0 amide bonds. The van der Waals surface area contributed by atoms with Crippen LogP contribution in [-0.2, 0) is 28.6 Å². The summed E-state index contributed by atoms with van der Waals surface area (Å²) in [6.07, 6.45) is 68.8. The fourth-order valence-corrected chi connectivity index (χ4v) is 8.82. The summed E-state index contributed by atoms with van der Waals surface area (Å²) < 4.78 is 16.8. The summed E-state index contributed by atoms with van der Waals surface area (Å²) in [5.41, 5.74) is 0. The van der Waals surface area contributed by atoms with Crippen LogP contribution in [0.3, 0.4) is 0 Å². The van der Waals surface area contributed by atoms with Crippen LogP contribution in [0.2, 0.25) is 0 Å². The van der Waals surface area contributed by atoms with E-state index in [1.807, 2.05) is 0 Å². The molecule has 0 aromatic rings. The standard InChI is InChI=1S/C62H114O6/c1-4-7-10-13-16-19-21-23-25-26-27-28-29-30-31-32-33-34-35-36-38-39-41-43-46-49-52-55-61(64)67-58-59(57-66-60(63)54-51-48-45-18-15-12-9-6-3)68-62(65)56-53-50-47-44-42-40-37-24-22-20-17-14-11-8-5-2/h21,23-24,26-27,37,59H,4-20,22,25,28-36,38-58H2,1-3H3/b23-21-,27-26-,37-24-. The highest BCUT2D eigenvalue weighted by Gasteiger charge is 2.19. The Bertz CT molecular complexity index is 1140. The Morgan fingerprint density at radius 1 is 0.294 bits per heavy atom. The average Bonchev–Trinajstić information content (AvgIpc) is 3.34. The average molecular weight is 956 g/mol. The van der Waals surface area contributed by atoms with E-state index in [1.165, 1.54) is 212 Å². The number of allylic oxidation sites excluding steroid dienone is 6. The third-order valence-electron chi connectivity index (χ3n) is 13.4. The van der Waals surface area contributed by atoms with Gasteiger partial charge < -0.3 is 14.2 Å². The van der Waals surface area contributed by atoms with Gasteiger partial charge in [0.15, 0.2) is 6.10 Å². The Hall–Kier alpha value is -2.37. The quantitative estimate of drug-likeness (QED) is 0.0262. The van der Waals surface area contributed by atoms with Crippen molar-refractivity contribution in [2.45, 2.75) is 329 Å². The molecule has 0 fully saturated rings. The van der Waals surface area contributed by atoms with Crippen molar-refractivity contribution >= 4 is 17.9 Å². The summed E-state index contributed by atoms with van der Waals surface area (Å²) in [6, 6.07) is 0. The predicted octanol–water partition coefficient (Wildman–Crippen LogP) is 20.0. The zero-order valence-electron chi connectivity index (χ0n) is 45.6. The predicted molar refractivity (Wildman–Crippen MR) is 293 cm³/mol. The van der Waals surface area contributed by atoms with Crippen molar-refractivity contribution in [1.29, 1.82) is 0 Å². The summed E-state index contributed by atoms with van der Waals surface area (Å²) >= 11 is 0. The smallest absolute Gasteiger partial charge is 0.306 e. The van der Waals surface area contributed by atoms with Gasteiger partial charge in [-0.2, -0.15) is 0 Å². The van der Waals surface area contributed by atoms with Crippen LogP contribution in [0.5, 0.6) is 0 Å². The number of ether oxygens (including phenoxy) is 3. The van der Waals surface area contributed by atoms with Gasteiger partial charge in [-0.25, -0.2) is 0 Å². The van der Waals surface area contributed by atoms with Gasteiger partial charge in [-0.15, -0.1) is 0 Å². The van der Waals surface area contributed by atoms with Crippen molar-refractivity contribution in [3.8, 4) is 0 Å². The highest BCUT2D eigenvalue weighted by Crippen LogP contribution is 2.16. The normalized spacial score (nSPS) is 12.2. The molecule has 0 aliphatic heterocycles. The highest BCUT2D eigenvalue weighted by atomic mass is 16.6. The van der Waals surface area contributed by atoms with Crippen molar-refractivity contribution in [2.75, 3.05) is 13.2 Å². The maximum absolute atomic E-state index is 12.8. The molecule has 0 rings (SSSR count). The number of carbonyl (C=O) groups is 3. The summed E-state index contributed by atoms with van der Waals surface area (Å²) in [4.78, 5) is 38.0. The second-order valence-corrected chi connectivity index (χ2v) is 20.3. The monoisotopic (exact) mass is 955 g/mol. The van der Waals surface area contributed by atoms with Crippen molar-refractivity contribution in [1.82, 2.24) is 0 Å². The number of unbranched alkanes of at least 4 members (excludes halogenated alkanes) is 38. The Kier molecular flexibility index (Phi) is 55.2. The molecule has 68 heavy (non-hydrogen) atoms. The molecule has 1 unspecified atom stereocenters. The molecular weight excluding hydrogens is 841 g/mol. The molecular formula is C62H114O6. The van der Waals surface area contributed by atoms with Gasteiger partial charge >= 0.3 is 17.9 Å². The molecule has 1 atom stereocenters. The summed E-state index contributed by atoms with van der Waals surface area (Å²) in [6.45, 7) is 6.62. The van der Waals surface area contributed by atoms with E-state index >= 15 is 0 Å². The fraction of sp³-hybridized carbons (Fsp3) is 0.855. The fourth-order valence-electron chi connectivity index (χ4n) is 8.82. The van der Waals surface area contributed by atoms with Crippen molar-refractivity contribution in [2.24, 2.45) is 0 Å². The largest absolute Gasteiger partial charge is 0.462 e. The minimum Gasteiger partial charge on any atom is -0.462 e. The number of esters is 3. The third kappa shape index (κ3) is 54.6. The lowest BCUT2D eigenvalue weighted by Crippen LogP contribution is -2.30. The molecule has 0 saturated heterocycles. The van der Waals surface area contributed by atoms with Gasteiger partial charge in [0.2, 0.25) is 0 Å². The molecule has 0 spiro atoms. The first-order chi connectivity index (χ1) is 33.5. The maximum atomic E-state index is 12.8. The second kappa shape index (κ2) is 57.2. The summed E-state index contributed by atoms with van der Waals surface area (Å²) in [7, 11) is 0. The van der Waals surface area contributed by atoms with Crippen LogP contribution in [0.25, 0.3) is 0 Å². The first-order valence-corrected chi connectivity index (χ1v) is 30.0. The van der Waals surface area contributed by atoms with Crippen LogP contribution in [0, 0.1) is 0 Å². The molecule has 0 aliphatic carbocycles. The number of hydrogen-bond acceptors (Lipinski definition) is 6. The zero-order valence-corrected chi connectivity index (χ0v) is 45.6. The molecule has 0 bridgehead atoms. The number of hydrogen-bond donors (Lipinski definition) is 0. The van der Waals surface area contributed by atoms with E-state index in [0.717, 1.165) is 70.6 Å². The Labute approximate surface area is 423 Å². The minimum absolute atomic E-state index is 0.0718. The molecule has 398 valence electrons. The lowest BCUT2D eigenvalue weighted by Gasteiger charge is -2.18. The molecule has 0 aromatic carbocycles. The van der Waals surface area contributed by atoms with Gasteiger partial charge in [-0.3, -0.25) is 14.4 Å². The Morgan fingerprint density at radius 3 is 0.824 bits per heavy atom. The molecule has 6 heteroatoms. The molecule has 0 N–H and O–H groups in total. The van der Waals surface area contributed by atoms with Crippen LogP contribution in [0.15, 0.2) is 36.5 Å². The molecule has 0 aliphatic rings.